The second kappa shape index (κ2) is 8.12. The first kappa shape index (κ1) is 18.6. The summed E-state index contributed by atoms with van der Waals surface area (Å²) in [6, 6.07) is 5.92. The van der Waals surface area contributed by atoms with E-state index in [-0.39, 0.29) is 5.56 Å². The van der Waals surface area contributed by atoms with E-state index < -0.39 is 0 Å². The molecule has 0 unspecified atom stereocenters. The molecule has 0 aliphatic carbocycles. The molecule has 0 saturated carbocycles. The molecule has 0 N–H and O–H groups in total. The molecule has 2 aromatic heterocycles. The van der Waals surface area contributed by atoms with Gasteiger partial charge in [-0.2, -0.15) is 0 Å². The number of fused-ring (bicyclic) bond motifs is 1. The maximum absolute atomic E-state index is 12.6. The number of benzene rings is 1. The van der Waals surface area contributed by atoms with E-state index in [9.17, 15) is 4.79 Å². The molecule has 1 aromatic carbocycles. The third-order valence-corrected chi connectivity index (χ3v) is 5.33. The molecule has 0 radical (unpaired) electrons. The van der Waals surface area contributed by atoms with Gasteiger partial charge in [0.15, 0.2) is 0 Å². The van der Waals surface area contributed by atoms with Gasteiger partial charge in [0.2, 0.25) is 0 Å². The molecule has 28 heavy (non-hydrogen) atoms. The first-order valence-electron chi connectivity index (χ1n) is 9.51. The minimum atomic E-state index is -0.0255. The Morgan fingerprint density at radius 1 is 1.21 bits per heavy atom. The average molecular weight is 383 g/mol. The van der Waals surface area contributed by atoms with Crippen LogP contribution in [0.3, 0.4) is 0 Å². The number of ether oxygens (including phenoxy) is 1. The third kappa shape index (κ3) is 3.79. The third-order valence-electron chi connectivity index (χ3n) is 5.33. The maximum Gasteiger partial charge on any atom is 0.261 e. The average Bonchev–Trinajstić information content (AvgIpc) is 3.12. The molecule has 8 heteroatoms. The Kier molecular flexibility index (Phi) is 5.40. The molecule has 1 saturated heterocycles. The van der Waals surface area contributed by atoms with Crippen molar-refractivity contribution in [3.63, 3.8) is 0 Å². The van der Waals surface area contributed by atoms with E-state index in [1.54, 1.807) is 24.2 Å². The fourth-order valence-corrected chi connectivity index (χ4v) is 3.57. The van der Waals surface area contributed by atoms with Gasteiger partial charge in [-0.1, -0.05) is 5.16 Å². The van der Waals surface area contributed by atoms with Gasteiger partial charge in [0.05, 0.1) is 36.6 Å². The second-order valence-corrected chi connectivity index (χ2v) is 7.11. The summed E-state index contributed by atoms with van der Waals surface area (Å²) >= 11 is 0. The van der Waals surface area contributed by atoms with E-state index in [2.05, 4.69) is 19.9 Å². The van der Waals surface area contributed by atoms with Crippen molar-refractivity contribution < 1.29 is 9.26 Å². The van der Waals surface area contributed by atoms with Crippen molar-refractivity contribution in [2.75, 3.05) is 44.8 Å². The highest BCUT2D eigenvalue weighted by molar-refractivity contribution is 5.81. The molecule has 1 aliphatic rings. The molecule has 1 aliphatic heterocycles. The highest BCUT2D eigenvalue weighted by atomic mass is 16.5. The lowest BCUT2D eigenvalue weighted by molar-refractivity contribution is 0.186. The summed E-state index contributed by atoms with van der Waals surface area (Å²) in [4.78, 5) is 21.8. The first-order valence-corrected chi connectivity index (χ1v) is 9.51. The molecule has 1 fully saturated rings. The number of nitrogens with zero attached hydrogens (tertiary/aromatic N) is 5. The zero-order valence-electron chi connectivity index (χ0n) is 16.3. The van der Waals surface area contributed by atoms with Crippen molar-refractivity contribution >= 4 is 16.6 Å². The van der Waals surface area contributed by atoms with Crippen LogP contribution < -0.4 is 10.5 Å². The zero-order valence-corrected chi connectivity index (χ0v) is 16.3. The molecule has 148 valence electrons. The SMILES string of the molecule is COCCn1cnc2cc(N3CCN(Cc4cnoc4C)CC3)ccc2c1=O. The van der Waals surface area contributed by atoms with E-state index in [1.165, 1.54) is 0 Å². The van der Waals surface area contributed by atoms with Crippen LogP contribution in [-0.2, 0) is 17.8 Å². The smallest absolute Gasteiger partial charge is 0.261 e. The Balaban J connectivity index is 1.45. The Labute approximate surface area is 163 Å². The zero-order chi connectivity index (χ0) is 19.5. The summed E-state index contributed by atoms with van der Waals surface area (Å²) in [6.07, 6.45) is 3.41. The van der Waals surface area contributed by atoms with Gasteiger partial charge in [0, 0.05) is 51.1 Å². The number of rotatable bonds is 6. The van der Waals surface area contributed by atoms with Crippen molar-refractivity contribution in [2.24, 2.45) is 0 Å². The van der Waals surface area contributed by atoms with Crippen molar-refractivity contribution in [2.45, 2.75) is 20.0 Å². The van der Waals surface area contributed by atoms with E-state index in [1.807, 2.05) is 25.1 Å². The van der Waals surface area contributed by atoms with Gasteiger partial charge in [-0.25, -0.2) is 4.98 Å². The Bertz CT molecular complexity index is 1000. The number of anilines is 1. The molecule has 0 bridgehead atoms. The van der Waals surface area contributed by atoms with Crippen LogP contribution in [0.2, 0.25) is 0 Å². The summed E-state index contributed by atoms with van der Waals surface area (Å²) in [5.74, 6) is 0.888. The first-order chi connectivity index (χ1) is 13.7. The predicted octanol–water partition coefficient (Wildman–Crippen LogP) is 1.66. The van der Waals surface area contributed by atoms with Crippen LogP contribution in [0.25, 0.3) is 10.9 Å². The molecule has 0 spiro atoms. The normalized spacial score (nSPS) is 15.4. The van der Waals surface area contributed by atoms with Gasteiger partial charge >= 0.3 is 0 Å². The number of methoxy groups -OCH3 is 1. The molecule has 4 rings (SSSR count). The van der Waals surface area contributed by atoms with Crippen molar-refractivity contribution in [1.82, 2.24) is 19.6 Å². The van der Waals surface area contributed by atoms with Crippen molar-refractivity contribution in [1.29, 1.82) is 0 Å². The standard InChI is InChI=1S/C20H25N5O3/c1-15-16(12-22-28-15)13-23-5-7-24(8-6-23)17-3-4-18-19(11-17)21-14-25(20(18)26)9-10-27-2/h3-4,11-12,14H,5-10,13H2,1-2H3. The van der Waals surface area contributed by atoms with E-state index in [0.717, 1.165) is 55.3 Å². The molecular weight excluding hydrogens is 358 g/mol. The van der Waals surface area contributed by atoms with Crippen LogP contribution in [0, 0.1) is 6.92 Å². The van der Waals surface area contributed by atoms with Crippen LogP contribution in [0.4, 0.5) is 5.69 Å². The number of hydrogen-bond acceptors (Lipinski definition) is 7. The molecule has 3 aromatic rings. The van der Waals surface area contributed by atoms with Crippen LogP contribution in [0.5, 0.6) is 0 Å². The topological polar surface area (TPSA) is 76.6 Å². The number of hydrogen-bond donors (Lipinski definition) is 0. The van der Waals surface area contributed by atoms with Gasteiger partial charge in [0.25, 0.3) is 5.56 Å². The van der Waals surface area contributed by atoms with Crippen LogP contribution >= 0.6 is 0 Å². The van der Waals surface area contributed by atoms with Crippen LogP contribution in [0.15, 0.2) is 40.0 Å². The molecule has 0 amide bonds. The number of piperazine rings is 1. The predicted molar refractivity (Wildman–Crippen MR) is 107 cm³/mol. The highest BCUT2D eigenvalue weighted by Gasteiger charge is 2.19. The Hall–Kier alpha value is -2.71. The second-order valence-electron chi connectivity index (χ2n) is 7.11. The fourth-order valence-electron chi connectivity index (χ4n) is 3.57. The Morgan fingerprint density at radius 2 is 2.04 bits per heavy atom. The lowest BCUT2D eigenvalue weighted by Gasteiger charge is -2.36. The minimum Gasteiger partial charge on any atom is -0.383 e. The molecule has 3 heterocycles. The fraction of sp³-hybridized carbons (Fsp3) is 0.450. The van der Waals surface area contributed by atoms with E-state index in [0.29, 0.717) is 18.5 Å². The maximum atomic E-state index is 12.6. The van der Waals surface area contributed by atoms with Crippen LogP contribution in [-0.4, -0.2) is 59.5 Å². The summed E-state index contributed by atoms with van der Waals surface area (Å²) in [5, 5.41) is 4.50. The highest BCUT2D eigenvalue weighted by Crippen LogP contribution is 2.21. The minimum absolute atomic E-state index is 0.0255. The summed E-state index contributed by atoms with van der Waals surface area (Å²) in [5.41, 5.74) is 2.96. The van der Waals surface area contributed by atoms with Gasteiger partial charge in [0.1, 0.15) is 5.76 Å². The van der Waals surface area contributed by atoms with E-state index in [4.69, 9.17) is 9.26 Å². The molecular formula is C20H25N5O3. The van der Waals surface area contributed by atoms with Gasteiger partial charge in [-0.05, 0) is 25.1 Å². The Morgan fingerprint density at radius 3 is 2.75 bits per heavy atom. The van der Waals surface area contributed by atoms with Crippen LogP contribution in [0.1, 0.15) is 11.3 Å². The monoisotopic (exact) mass is 383 g/mol. The van der Waals surface area contributed by atoms with E-state index >= 15 is 0 Å². The number of aryl methyl sites for hydroxylation is 1. The lowest BCUT2D eigenvalue weighted by atomic mass is 10.2. The summed E-state index contributed by atoms with van der Waals surface area (Å²) in [7, 11) is 1.62. The largest absolute Gasteiger partial charge is 0.383 e. The number of aromatic nitrogens is 3. The molecule has 0 atom stereocenters. The van der Waals surface area contributed by atoms with Gasteiger partial charge < -0.3 is 14.2 Å². The van der Waals surface area contributed by atoms with Crippen molar-refractivity contribution in [3.8, 4) is 0 Å². The van der Waals surface area contributed by atoms with Crippen molar-refractivity contribution in [3.05, 3.63) is 52.4 Å². The lowest BCUT2D eigenvalue weighted by Crippen LogP contribution is -2.46. The quantitative estimate of drug-likeness (QED) is 0.641. The summed E-state index contributed by atoms with van der Waals surface area (Å²) in [6.45, 7) is 7.61. The van der Waals surface area contributed by atoms with Gasteiger partial charge in [-0.15, -0.1) is 0 Å². The summed E-state index contributed by atoms with van der Waals surface area (Å²) < 4.78 is 11.8. The van der Waals surface area contributed by atoms with Gasteiger partial charge in [-0.3, -0.25) is 14.3 Å². The molecule has 8 nitrogen and oxygen atoms in total.